The van der Waals surface area contributed by atoms with Crippen molar-refractivity contribution >= 4 is 31.5 Å². The number of benzene rings is 2. The summed E-state index contributed by atoms with van der Waals surface area (Å²) in [5.74, 6) is -0.891. The van der Waals surface area contributed by atoms with Crippen LogP contribution in [0.1, 0.15) is 22.8 Å². The van der Waals surface area contributed by atoms with Gasteiger partial charge in [-0.3, -0.25) is 4.79 Å². The third-order valence-corrected chi connectivity index (χ3v) is 5.80. The van der Waals surface area contributed by atoms with Gasteiger partial charge in [-0.1, -0.05) is 36.4 Å². The largest absolute Gasteiger partial charge is 0.268 e. The highest BCUT2D eigenvalue weighted by molar-refractivity contribution is 7.92. The molecule has 0 aliphatic rings. The summed E-state index contributed by atoms with van der Waals surface area (Å²) in [6.07, 6.45) is 0. The molecule has 9 heteroatoms. The number of allylic oxidation sites excluding steroid dienone is 1. The lowest BCUT2D eigenvalue weighted by Crippen LogP contribution is -2.32. The molecule has 0 aromatic heterocycles. The van der Waals surface area contributed by atoms with Gasteiger partial charge in [-0.25, -0.2) is 26.7 Å². The van der Waals surface area contributed by atoms with Crippen LogP contribution < -0.4 is 9.86 Å². The van der Waals surface area contributed by atoms with Gasteiger partial charge in [0.15, 0.2) is 0 Å². The fourth-order valence-electron chi connectivity index (χ4n) is 2.05. The van der Waals surface area contributed by atoms with Crippen LogP contribution >= 0.6 is 0 Å². The molecule has 2 aromatic carbocycles. The van der Waals surface area contributed by atoms with E-state index in [0.29, 0.717) is 0 Å². The maximum atomic E-state index is 12.4. The third-order valence-electron chi connectivity index (χ3n) is 3.31. The normalized spacial score (nSPS) is 11.8. The number of rotatable bonds is 5. The second kappa shape index (κ2) is 6.79. The Morgan fingerprint density at radius 1 is 0.920 bits per heavy atom. The highest BCUT2D eigenvalue weighted by atomic mass is 32.2. The van der Waals surface area contributed by atoms with Gasteiger partial charge in [0.2, 0.25) is 10.0 Å². The molecule has 0 radical (unpaired) electrons. The maximum absolute atomic E-state index is 12.4. The summed E-state index contributed by atoms with van der Waals surface area (Å²) in [4.78, 5) is 11.0. The highest BCUT2D eigenvalue weighted by Gasteiger charge is 2.26. The van der Waals surface area contributed by atoms with Crippen LogP contribution in [0.15, 0.2) is 64.9 Å². The van der Waals surface area contributed by atoms with Crippen molar-refractivity contribution in [2.75, 3.05) is 0 Å². The van der Waals surface area contributed by atoms with Crippen molar-refractivity contribution in [1.29, 1.82) is 0 Å². The molecule has 0 fully saturated rings. The lowest BCUT2D eigenvalue weighted by Gasteiger charge is -2.10. The third kappa shape index (κ3) is 4.32. The summed E-state index contributed by atoms with van der Waals surface area (Å²) >= 11 is 0. The summed E-state index contributed by atoms with van der Waals surface area (Å²) in [5.41, 5.74) is 1.70. The van der Waals surface area contributed by atoms with Crippen LogP contribution in [0.25, 0.3) is 5.57 Å². The Hall–Kier alpha value is -2.49. The molecule has 25 heavy (non-hydrogen) atoms. The Balaban J connectivity index is 2.36. The Bertz CT molecular complexity index is 1040. The first-order valence-corrected chi connectivity index (χ1v) is 10.0. The van der Waals surface area contributed by atoms with Gasteiger partial charge in [-0.2, -0.15) is 0 Å². The predicted molar refractivity (Wildman–Crippen MR) is 93.6 cm³/mol. The first-order valence-electron chi connectivity index (χ1n) is 6.97. The lowest BCUT2D eigenvalue weighted by atomic mass is 10.1. The van der Waals surface area contributed by atoms with Gasteiger partial charge in [0.25, 0.3) is 15.9 Å². The van der Waals surface area contributed by atoms with Crippen molar-refractivity contribution in [2.24, 2.45) is 5.14 Å². The van der Waals surface area contributed by atoms with Crippen molar-refractivity contribution in [2.45, 2.75) is 16.7 Å². The number of carbonyl (C=O) groups is 1. The van der Waals surface area contributed by atoms with E-state index in [2.05, 4.69) is 6.58 Å². The van der Waals surface area contributed by atoms with E-state index in [0.717, 1.165) is 23.3 Å². The van der Waals surface area contributed by atoms with Crippen LogP contribution in [-0.2, 0) is 20.0 Å². The second-order valence-corrected chi connectivity index (χ2v) is 8.46. The lowest BCUT2D eigenvalue weighted by molar-refractivity contribution is 0.0981. The van der Waals surface area contributed by atoms with Crippen LogP contribution in [0.4, 0.5) is 0 Å². The number of primary sulfonamides is 1. The molecular weight excluding hydrogens is 364 g/mol. The molecule has 7 nitrogen and oxygen atoms in total. The molecule has 2 rings (SSSR count). The van der Waals surface area contributed by atoms with Crippen LogP contribution in [0.2, 0.25) is 0 Å². The number of nitrogens with two attached hydrogens (primary N) is 1. The van der Waals surface area contributed by atoms with Crippen molar-refractivity contribution in [3.8, 4) is 0 Å². The standard InChI is InChI=1S/C16H16N2O5S2/c1-11(2)12-7-9-13(10-8-12)16(19)18-25(22,23)15-6-4-3-5-14(15)24(17,20)21/h3-10H,1H2,2H3,(H,18,19)(H2,17,20,21). The van der Waals surface area contributed by atoms with Gasteiger partial charge >= 0.3 is 0 Å². The van der Waals surface area contributed by atoms with Gasteiger partial charge in [-0.05, 0) is 36.8 Å². The zero-order valence-corrected chi connectivity index (χ0v) is 14.9. The van der Waals surface area contributed by atoms with E-state index in [9.17, 15) is 21.6 Å². The molecule has 3 N–H and O–H groups in total. The molecule has 0 heterocycles. The average molecular weight is 380 g/mol. The smallest absolute Gasteiger partial charge is 0.265 e. The molecule has 0 bridgehead atoms. The Labute approximate surface area is 146 Å². The second-order valence-electron chi connectivity index (χ2n) is 5.28. The number of nitrogens with one attached hydrogen (secondary N) is 1. The van der Waals surface area contributed by atoms with Gasteiger partial charge in [-0.15, -0.1) is 0 Å². The fourth-order valence-corrected chi connectivity index (χ4v) is 4.41. The quantitative estimate of drug-likeness (QED) is 0.813. The molecule has 0 saturated heterocycles. The molecule has 0 saturated carbocycles. The predicted octanol–water partition coefficient (Wildman–Crippen LogP) is 1.49. The first kappa shape index (κ1) is 18.8. The Morgan fingerprint density at radius 3 is 1.88 bits per heavy atom. The summed E-state index contributed by atoms with van der Waals surface area (Å²) in [7, 11) is -8.70. The van der Waals surface area contributed by atoms with E-state index >= 15 is 0 Å². The van der Waals surface area contributed by atoms with Crippen LogP contribution in [0.3, 0.4) is 0 Å². The minimum absolute atomic E-state index is 0.0988. The van der Waals surface area contributed by atoms with Gasteiger partial charge in [0, 0.05) is 5.56 Å². The molecule has 0 atom stereocenters. The Kier molecular flexibility index (Phi) is 5.12. The molecule has 0 aliphatic carbocycles. The molecule has 0 unspecified atom stereocenters. The zero-order chi connectivity index (χ0) is 18.8. The number of hydrogen-bond acceptors (Lipinski definition) is 5. The molecule has 2 aromatic rings. The number of amides is 1. The maximum Gasteiger partial charge on any atom is 0.265 e. The number of hydrogen-bond donors (Lipinski definition) is 2. The van der Waals surface area contributed by atoms with Crippen molar-refractivity contribution < 1.29 is 21.6 Å². The minimum Gasteiger partial charge on any atom is -0.268 e. The summed E-state index contributed by atoms with van der Waals surface area (Å²) in [5, 5.41) is 5.03. The van der Waals surface area contributed by atoms with Gasteiger partial charge in [0.05, 0.1) is 0 Å². The van der Waals surface area contributed by atoms with E-state index in [1.54, 1.807) is 19.1 Å². The van der Waals surface area contributed by atoms with E-state index in [1.165, 1.54) is 24.3 Å². The number of sulfonamides is 2. The van der Waals surface area contributed by atoms with Crippen LogP contribution in [0, 0.1) is 0 Å². The van der Waals surface area contributed by atoms with E-state index in [1.807, 2.05) is 4.72 Å². The van der Waals surface area contributed by atoms with Gasteiger partial charge < -0.3 is 0 Å². The molecule has 0 aliphatic heterocycles. The topological polar surface area (TPSA) is 123 Å². The summed E-state index contributed by atoms with van der Waals surface area (Å²) in [6.45, 7) is 5.56. The fraction of sp³-hybridized carbons (Fsp3) is 0.0625. The van der Waals surface area contributed by atoms with Crippen molar-refractivity contribution in [1.82, 2.24) is 4.72 Å². The average Bonchev–Trinajstić information content (AvgIpc) is 2.53. The van der Waals surface area contributed by atoms with E-state index in [-0.39, 0.29) is 5.56 Å². The summed E-state index contributed by atoms with van der Waals surface area (Å²) < 4.78 is 49.7. The highest BCUT2D eigenvalue weighted by Crippen LogP contribution is 2.20. The molecule has 1 amide bonds. The summed E-state index contributed by atoms with van der Waals surface area (Å²) in [6, 6.07) is 10.9. The van der Waals surface area contributed by atoms with Gasteiger partial charge in [0.1, 0.15) is 9.79 Å². The number of carbonyl (C=O) groups excluding carboxylic acids is 1. The molecular formula is C16H16N2O5S2. The van der Waals surface area contributed by atoms with E-state index < -0.39 is 35.7 Å². The van der Waals surface area contributed by atoms with Crippen LogP contribution in [-0.4, -0.2) is 22.7 Å². The first-order chi connectivity index (χ1) is 11.5. The molecule has 132 valence electrons. The Morgan fingerprint density at radius 2 is 1.40 bits per heavy atom. The monoisotopic (exact) mass is 380 g/mol. The van der Waals surface area contributed by atoms with E-state index in [4.69, 9.17) is 5.14 Å². The molecule has 0 spiro atoms. The SMILES string of the molecule is C=C(C)c1ccc(C(=O)NS(=O)(=O)c2ccccc2S(N)(=O)=O)cc1. The van der Waals surface area contributed by atoms with Crippen molar-refractivity contribution in [3.63, 3.8) is 0 Å². The van der Waals surface area contributed by atoms with Crippen molar-refractivity contribution in [3.05, 3.63) is 66.2 Å². The zero-order valence-electron chi connectivity index (χ0n) is 13.3. The minimum atomic E-state index is -4.42. The van der Waals surface area contributed by atoms with Crippen LogP contribution in [0.5, 0.6) is 0 Å².